The summed E-state index contributed by atoms with van der Waals surface area (Å²) < 4.78 is 9.76. The first-order valence-electron chi connectivity index (χ1n) is 4.22. The number of nitrogens with two attached hydrogens (primary N) is 1. The molecule has 96 valence electrons. The SMILES string of the molecule is CC(C)[C@H](N)C(=O)O.O=C(O)CP(=O)(O)O. The minimum Gasteiger partial charge on any atom is -0.481 e. The molecular weight excluding hydrogens is 241 g/mol. The molecular formula is C7H16NO7P. The van der Waals surface area contributed by atoms with Crippen molar-refractivity contribution in [2.24, 2.45) is 11.7 Å². The molecule has 6 N–H and O–H groups in total. The van der Waals surface area contributed by atoms with Gasteiger partial charge in [0.1, 0.15) is 12.2 Å². The van der Waals surface area contributed by atoms with E-state index in [-0.39, 0.29) is 5.92 Å². The van der Waals surface area contributed by atoms with Gasteiger partial charge in [-0.05, 0) is 5.92 Å². The minimum atomic E-state index is -4.32. The van der Waals surface area contributed by atoms with Crippen molar-refractivity contribution in [1.29, 1.82) is 0 Å². The van der Waals surface area contributed by atoms with Crippen LogP contribution in [0.5, 0.6) is 0 Å². The number of hydrogen-bond donors (Lipinski definition) is 5. The van der Waals surface area contributed by atoms with Gasteiger partial charge in [-0.25, -0.2) is 0 Å². The summed E-state index contributed by atoms with van der Waals surface area (Å²) >= 11 is 0. The van der Waals surface area contributed by atoms with Crippen molar-refractivity contribution in [3.8, 4) is 0 Å². The highest BCUT2D eigenvalue weighted by atomic mass is 31.2. The van der Waals surface area contributed by atoms with Crippen LogP contribution in [0.4, 0.5) is 0 Å². The first-order valence-corrected chi connectivity index (χ1v) is 6.02. The quantitative estimate of drug-likeness (QED) is 0.413. The van der Waals surface area contributed by atoms with E-state index in [0.29, 0.717) is 0 Å². The van der Waals surface area contributed by atoms with Crippen LogP contribution in [0, 0.1) is 5.92 Å². The second-order valence-corrected chi connectivity index (χ2v) is 4.97. The molecule has 0 aliphatic heterocycles. The van der Waals surface area contributed by atoms with Crippen molar-refractivity contribution >= 4 is 19.5 Å². The van der Waals surface area contributed by atoms with Crippen molar-refractivity contribution in [3.05, 3.63) is 0 Å². The van der Waals surface area contributed by atoms with E-state index in [2.05, 4.69) is 0 Å². The van der Waals surface area contributed by atoms with Crippen LogP contribution < -0.4 is 5.73 Å². The number of rotatable bonds is 4. The lowest BCUT2D eigenvalue weighted by Gasteiger charge is -2.07. The van der Waals surface area contributed by atoms with E-state index in [1.54, 1.807) is 13.8 Å². The van der Waals surface area contributed by atoms with Gasteiger partial charge in [-0.15, -0.1) is 0 Å². The van der Waals surface area contributed by atoms with Crippen molar-refractivity contribution in [3.63, 3.8) is 0 Å². The maximum Gasteiger partial charge on any atom is 0.336 e. The molecule has 0 aliphatic rings. The van der Waals surface area contributed by atoms with Crippen LogP contribution in [0.25, 0.3) is 0 Å². The normalized spacial score (nSPS) is 12.6. The highest BCUT2D eigenvalue weighted by Gasteiger charge is 2.17. The molecule has 0 saturated heterocycles. The number of carboxylic acid groups (broad SMARTS) is 2. The second-order valence-electron chi connectivity index (χ2n) is 3.32. The summed E-state index contributed by atoms with van der Waals surface area (Å²) in [4.78, 5) is 35.4. The second kappa shape index (κ2) is 7.34. The number of carbonyl (C=O) groups is 2. The number of aliphatic carboxylic acids is 2. The summed E-state index contributed by atoms with van der Waals surface area (Å²) in [6, 6.07) is -0.713. The molecule has 0 saturated carbocycles. The Hall–Kier alpha value is -0.950. The third kappa shape index (κ3) is 13.1. The molecule has 0 aliphatic carbocycles. The molecule has 1 atom stereocenters. The monoisotopic (exact) mass is 257 g/mol. The highest BCUT2D eigenvalue weighted by Crippen LogP contribution is 2.33. The van der Waals surface area contributed by atoms with Gasteiger partial charge in [0.05, 0.1) is 0 Å². The van der Waals surface area contributed by atoms with Crippen LogP contribution in [0.2, 0.25) is 0 Å². The van der Waals surface area contributed by atoms with Crippen LogP contribution in [-0.4, -0.2) is 44.1 Å². The predicted octanol–water partition coefficient (Wildman–Crippen LogP) is -0.697. The summed E-state index contributed by atoms with van der Waals surface area (Å²) in [7, 11) is -4.32. The molecule has 0 radical (unpaired) electrons. The van der Waals surface area contributed by atoms with E-state index in [4.69, 9.17) is 25.7 Å². The maximum atomic E-state index is 10.0. The fourth-order valence-corrected chi connectivity index (χ4v) is 0.814. The maximum absolute atomic E-state index is 10.0. The summed E-state index contributed by atoms with van der Waals surface area (Å²) in [5.74, 6) is -2.40. The topological polar surface area (TPSA) is 158 Å². The number of carboxylic acids is 2. The predicted molar refractivity (Wildman–Crippen MR) is 55.0 cm³/mol. The van der Waals surface area contributed by atoms with Crippen LogP contribution in [0.15, 0.2) is 0 Å². The van der Waals surface area contributed by atoms with Gasteiger partial charge in [0.25, 0.3) is 0 Å². The van der Waals surface area contributed by atoms with Gasteiger partial charge in [-0.2, -0.15) is 0 Å². The summed E-state index contributed by atoms with van der Waals surface area (Å²) in [5.41, 5.74) is 5.16. The standard InChI is InChI=1S/C5H11NO2.C2H5O5P/c1-3(2)4(6)5(7)8;3-2(4)1-8(5,6)7/h3-4H,6H2,1-2H3,(H,7,8);1H2,(H,3,4)(H2,5,6,7)/t4-;/m0./s1. The van der Waals surface area contributed by atoms with E-state index in [9.17, 15) is 14.2 Å². The fourth-order valence-electron chi connectivity index (χ4n) is 0.461. The smallest absolute Gasteiger partial charge is 0.336 e. The zero-order valence-electron chi connectivity index (χ0n) is 8.90. The molecule has 0 fully saturated rings. The molecule has 16 heavy (non-hydrogen) atoms. The van der Waals surface area contributed by atoms with Crippen LogP contribution in [0.3, 0.4) is 0 Å². The Labute approximate surface area is 92.2 Å². The zero-order chi connectivity index (χ0) is 13.5. The average Bonchev–Trinajstić information content (AvgIpc) is 1.98. The molecule has 0 amide bonds. The lowest BCUT2D eigenvalue weighted by molar-refractivity contribution is -0.139. The molecule has 0 rings (SSSR count). The number of hydrogen-bond acceptors (Lipinski definition) is 4. The molecule has 0 aromatic heterocycles. The Bertz CT molecular complexity index is 284. The van der Waals surface area contributed by atoms with E-state index >= 15 is 0 Å². The third-order valence-electron chi connectivity index (χ3n) is 1.34. The van der Waals surface area contributed by atoms with Gasteiger partial charge in [0.2, 0.25) is 0 Å². The largest absolute Gasteiger partial charge is 0.481 e. The molecule has 8 nitrogen and oxygen atoms in total. The van der Waals surface area contributed by atoms with Gasteiger partial charge in [-0.3, -0.25) is 14.2 Å². The van der Waals surface area contributed by atoms with E-state index < -0.39 is 31.7 Å². The van der Waals surface area contributed by atoms with Crippen LogP contribution >= 0.6 is 7.60 Å². The van der Waals surface area contributed by atoms with Gasteiger partial charge >= 0.3 is 19.5 Å². The van der Waals surface area contributed by atoms with Crippen molar-refractivity contribution in [1.82, 2.24) is 0 Å². The van der Waals surface area contributed by atoms with Gasteiger partial charge in [-0.1, -0.05) is 13.8 Å². The first kappa shape index (κ1) is 17.4. The van der Waals surface area contributed by atoms with E-state index in [1.165, 1.54) is 0 Å². The molecule has 0 heterocycles. The molecule has 0 unspecified atom stereocenters. The van der Waals surface area contributed by atoms with Crippen LogP contribution in [0.1, 0.15) is 13.8 Å². The summed E-state index contributed by atoms with van der Waals surface area (Å²) in [6.45, 7) is 3.55. The minimum absolute atomic E-state index is 0.0208. The van der Waals surface area contributed by atoms with Gasteiger partial charge < -0.3 is 25.7 Å². The zero-order valence-corrected chi connectivity index (χ0v) is 9.79. The van der Waals surface area contributed by atoms with E-state index in [0.717, 1.165) is 0 Å². The average molecular weight is 257 g/mol. The Morgan fingerprint density at radius 2 is 1.62 bits per heavy atom. The third-order valence-corrected chi connectivity index (χ3v) is 2.03. The van der Waals surface area contributed by atoms with Crippen molar-refractivity contribution in [2.75, 3.05) is 6.16 Å². The summed E-state index contributed by atoms with van der Waals surface area (Å²) in [6.07, 6.45) is -1.09. The Balaban J connectivity index is 0. The molecule has 9 heteroatoms. The summed E-state index contributed by atoms with van der Waals surface area (Å²) in [5, 5.41) is 16.0. The van der Waals surface area contributed by atoms with E-state index in [1.807, 2.05) is 0 Å². The highest BCUT2D eigenvalue weighted by molar-refractivity contribution is 7.52. The molecule has 0 spiro atoms. The fraction of sp³-hybridized carbons (Fsp3) is 0.714. The van der Waals surface area contributed by atoms with Crippen LogP contribution in [-0.2, 0) is 14.2 Å². The van der Waals surface area contributed by atoms with Crippen molar-refractivity contribution in [2.45, 2.75) is 19.9 Å². The Morgan fingerprint density at radius 3 is 1.62 bits per heavy atom. The lowest BCUT2D eigenvalue weighted by atomic mass is 10.1. The van der Waals surface area contributed by atoms with Gasteiger partial charge in [0.15, 0.2) is 0 Å². The molecule has 0 aromatic rings. The molecule has 0 bridgehead atoms. The van der Waals surface area contributed by atoms with Crippen molar-refractivity contribution < 1.29 is 34.2 Å². The molecule has 0 aromatic carbocycles. The Morgan fingerprint density at radius 1 is 1.25 bits per heavy atom. The first-order chi connectivity index (χ1) is 6.97. The Kier molecular flexibility index (Phi) is 8.01. The van der Waals surface area contributed by atoms with Gasteiger partial charge in [0, 0.05) is 0 Å². The lowest BCUT2D eigenvalue weighted by Crippen LogP contribution is -2.34.